The van der Waals surface area contributed by atoms with Crippen molar-refractivity contribution in [3.63, 3.8) is 0 Å². The second-order valence-corrected chi connectivity index (χ2v) is 11.2. The van der Waals surface area contributed by atoms with E-state index >= 15 is 0 Å². The summed E-state index contributed by atoms with van der Waals surface area (Å²) in [6.07, 6.45) is -5.11. The lowest BCUT2D eigenvalue weighted by Crippen LogP contribution is -2.16. The number of halogens is 7. The number of amides is 1. The monoisotopic (exact) mass is 648 g/mol. The highest BCUT2D eigenvalue weighted by Gasteiger charge is 2.37. The fourth-order valence-electron chi connectivity index (χ4n) is 5.27. The summed E-state index contributed by atoms with van der Waals surface area (Å²) < 4.78 is 92.6. The van der Waals surface area contributed by atoms with Crippen LogP contribution in [0.2, 0.25) is 0 Å². The molecule has 0 fully saturated rings. The topological polar surface area (TPSA) is 89.3 Å². The van der Waals surface area contributed by atoms with Crippen molar-refractivity contribution in [1.29, 1.82) is 0 Å². The lowest BCUT2D eigenvalue weighted by atomic mass is 9.85. The first-order chi connectivity index (χ1) is 21.6. The molecule has 0 heterocycles. The molecule has 0 saturated carbocycles. The number of benzene rings is 3. The van der Waals surface area contributed by atoms with Crippen LogP contribution in [0.1, 0.15) is 83.1 Å². The van der Waals surface area contributed by atoms with Crippen LogP contribution in [-0.2, 0) is 34.8 Å². The number of nitrogen functional groups attached to an aromatic ring is 1. The minimum atomic E-state index is -5.00. The van der Waals surface area contributed by atoms with E-state index in [-0.39, 0.29) is 59.4 Å². The second-order valence-electron chi connectivity index (χ2n) is 11.2. The maximum Gasteiger partial charge on any atom is 0.416 e. The molecule has 0 unspecified atom stereocenters. The summed E-state index contributed by atoms with van der Waals surface area (Å²) >= 11 is 0. The van der Waals surface area contributed by atoms with E-state index in [0.717, 1.165) is 18.9 Å². The summed E-state index contributed by atoms with van der Waals surface area (Å²) in [6.45, 7) is 0. The minimum absolute atomic E-state index is 0.00389. The molecule has 0 radical (unpaired) electrons. The van der Waals surface area contributed by atoms with Gasteiger partial charge >= 0.3 is 12.4 Å². The molecule has 46 heavy (non-hydrogen) atoms. The lowest BCUT2D eigenvalue weighted by molar-refractivity contribution is -0.143. The number of Topliss-reactive ketones (excluding diaryl/α,β-unsaturated/α-hetero) is 2. The molecule has 3 aromatic rings. The van der Waals surface area contributed by atoms with Crippen LogP contribution in [0.15, 0.2) is 60.2 Å². The highest BCUT2D eigenvalue weighted by atomic mass is 19.4. The van der Waals surface area contributed by atoms with Gasteiger partial charge in [0.05, 0.1) is 11.1 Å². The number of anilines is 2. The van der Waals surface area contributed by atoms with Gasteiger partial charge in [0.15, 0.2) is 5.78 Å². The first kappa shape index (κ1) is 34.4. The van der Waals surface area contributed by atoms with Crippen LogP contribution in [0.25, 0.3) is 6.08 Å². The van der Waals surface area contributed by atoms with Crippen molar-refractivity contribution in [1.82, 2.24) is 0 Å². The van der Waals surface area contributed by atoms with Gasteiger partial charge in [-0.3, -0.25) is 14.4 Å². The molecule has 0 spiro atoms. The number of carbonyl (C=O) groups excluding carboxylic acids is 3. The number of alkyl halides is 6. The van der Waals surface area contributed by atoms with Crippen LogP contribution in [0.3, 0.4) is 0 Å². The van der Waals surface area contributed by atoms with Gasteiger partial charge in [0.2, 0.25) is 5.91 Å². The molecule has 1 aliphatic carbocycles. The summed E-state index contributed by atoms with van der Waals surface area (Å²) in [5.74, 6) is -1.21. The zero-order chi connectivity index (χ0) is 33.6. The first-order valence-electron chi connectivity index (χ1n) is 14.6. The van der Waals surface area contributed by atoms with Crippen molar-refractivity contribution in [3.8, 4) is 0 Å². The van der Waals surface area contributed by atoms with Crippen molar-refractivity contribution in [2.75, 3.05) is 11.1 Å². The van der Waals surface area contributed by atoms with E-state index in [1.165, 1.54) is 30.3 Å². The molecule has 3 aromatic carbocycles. The Morgan fingerprint density at radius 1 is 0.804 bits per heavy atom. The molecule has 12 heteroatoms. The van der Waals surface area contributed by atoms with Gasteiger partial charge in [-0.25, -0.2) is 4.39 Å². The average Bonchev–Trinajstić information content (AvgIpc) is 2.97. The number of aryl methyl sites for hydroxylation is 1. The molecule has 0 aromatic heterocycles. The zero-order valence-corrected chi connectivity index (χ0v) is 24.6. The highest BCUT2D eigenvalue weighted by Crippen LogP contribution is 2.37. The summed E-state index contributed by atoms with van der Waals surface area (Å²) in [5.41, 5.74) is 4.68. The predicted octanol–water partition coefficient (Wildman–Crippen LogP) is 8.75. The molecule has 244 valence electrons. The molecule has 0 atom stereocenters. The normalized spacial score (nSPS) is 14.3. The standard InChI is InChI=1S/C34H31F7N2O3/c35-26-10-9-22(30(42)19-26)17-28(44)5-3-1-2-4-6-31(45)43-27-11-12-29-21(16-27)7-8-23(32(29)46)13-20-14-24(33(36,37)38)18-25(15-20)34(39,40)41/h9-16,18-19H,1-8,17,42H2,(H,43,45)/b23-13+. The SMILES string of the molecule is Nc1cc(F)ccc1CC(=O)CCCCCCC(=O)Nc1ccc2c(c1)CC/C(=C\c1cc(C(F)(F)F)cc(C(F)(F)F)c1)C2=O. The van der Waals surface area contributed by atoms with Crippen molar-refractivity contribution >= 4 is 34.9 Å². The Labute approximate surface area is 260 Å². The fraction of sp³-hybridized carbons (Fsp3) is 0.324. The molecule has 3 N–H and O–H groups in total. The molecule has 1 amide bonds. The van der Waals surface area contributed by atoms with Gasteiger partial charge in [0, 0.05) is 41.8 Å². The Bertz CT molecular complexity index is 1630. The van der Waals surface area contributed by atoms with E-state index in [1.807, 2.05) is 0 Å². The van der Waals surface area contributed by atoms with Gasteiger partial charge in [-0.1, -0.05) is 18.9 Å². The summed E-state index contributed by atoms with van der Waals surface area (Å²) in [5, 5.41) is 2.77. The van der Waals surface area contributed by atoms with Crippen LogP contribution < -0.4 is 11.1 Å². The van der Waals surface area contributed by atoms with Crippen molar-refractivity contribution in [2.24, 2.45) is 0 Å². The van der Waals surface area contributed by atoms with Gasteiger partial charge in [-0.05, 0) is 97.0 Å². The lowest BCUT2D eigenvalue weighted by Gasteiger charge is -2.19. The van der Waals surface area contributed by atoms with Crippen LogP contribution in [-0.4, -0.2) is 17.5 Å². The molecule has 0 aliphatic heterocycles. The zero-order valence-electron chi connectivity index (χ0n) is 24.6. The number of hydrogen-bond acceptors (Lipinski definition) is 4. The number of unbranched alkanes of at least 4 members (excludes halogenated alkanes) is 3. The number of nitrogens with two attached hydrogens (primary N) is 1. The Hall–Kier alpha value is -4.48. The number of allylic oxidation sites excluding steroid dienone is 1. The number of fused-ring (bicyclic) bond motifs is 1. The molecule has 4 rings (SSSR count). The Kier molecular flexibility index (Phi) is 10.7. The number of rotatable bonds is 11. The maximum atomic E-state index is 13.2. The van der Waals surface area contributed by atoms with Crippen LogP contribution in [0.4, 0.5) is 42.1 Å². The van der Waals surface area contributed by atoms with E-state index in [0.29, 0.717) is 54.6 Å². The van der Waals surface area contributed by atoms with E-state index in [4.69, 9.17) is 5.73 Å². The molecule has 0 bridgehead atoms. The van der Waals surface area contributed by atoms with Gasteiger partial charge in [-0.15, -0.1) is 0 Å². The van der Waals surface area contributed by atoms with Crippen molar-refractivity contribution in [3.05, 3.63) is 99.4 Å². The smallest absolute Gasteiger partial charge is 0.398 e. The minimum Gasteiger partial charge on any atom is -0.398 e. The molecule has 1 aliphatic rings. The van der Waals surface area contributed by atoms with E-state index in [2.05, 4.69) is 5.32 Å². The van der Waals surface area contributed by atoms with E-state index < -0.39 is 35.1 Å². The Morgan fingerprint density at radius 3 is 2.09 bits per heavy atom. The van der Waals surface area contributed by atoms with Crippen molar-refractivity contribution < 1.29 is 45.1 Å². The maximum absolute atomic E-state index is 13.2. The Balaban J connectivity index is 1.27. The van der Waals surface area contributed by atoms with Gasteiger partial charge < -0.3 is 11.1 Å². The third-order valence-electron chi connectivity index (χ3n) is 7.64. The van der Waals surface area contributed by atoms with E-state index in [1.54, 1.807) is 6.07 Å². The van der Waals surface area contributed by atoms with Gasteiger partial charge in [0.1, 0.15) is 11.6 Å². The largest absolute Gasteiger partial charge is 0.416 e. The summed E-state index contributed by atoms with van der Waals surface area (Å²) in [7, 11) is 0. The first-order valence-corrected chi connectivity index (χ1v) is 14.6. The highest BCUT2D eigenvalue weighted by molar-refractivity contribution is 6.13. The van der Waals surface area contributed by atoms with Crippen molar-refractivity contribution in [2.45, 2.75) is 70.1 Å². The third-order valence-corrected chi connectivity index (χ3v) is 7.64. The number of hydrogen-bond donors (Lipinski definition) is 2. The number of carbonyl (C=O) groups is 3. The summed E-state index contributed by atoms with van der Waals surface area (Å²) in [6, 6.07) is 9.76. The molecular weight excluding hydrogens is 617 g/mol. The van der Waals surface area contributed by atoms with E-state index in [9.17, 15) is 45.1 Å². The number of nitrogens with one attached hydrogen (secondary N) is 1. The quantitative estimate of drug-likeness (QED) is 0.0942. The van der Waals surface area contributed by atoms with Gasteiger partial charge in [0.25, 0.3) is 0 Å². The Morgan fingerprint density at radius 2 is 1.46 bits per heavy atom. The average molecular weight is 649 g/mol. The fourth-order valence-corrected chi connectivity index (χ4v) is 5.27. The second kappa shape index (κ2) is 14.3. The van der Waals surface area contributed by atoms with Crippen LogP contribution >= 0.6 is 0 Å². The molecular formula is C34H31F7N2O3. The summed E-state index contributed by atoms with van der Waals surface area (Å²) in [4.78, 5) is 37.7. The third kappa shape index (κ3) is 9.27. The molecule has 5 nitrogen and oxygen atoms in total. The molecule has 0 saturated heterocycles. The van der Waals surface area contributed by atoms with Crippen LogP contribution in [0, 0.1) is 5.82 Å². The number of ketones is 2. The van der Waals surface area contributed by atoms with Crippen LogP contribution in [0.5, 0.6) is 0 Å². The van der Waals surface area contributed by atoms with Gasteiger partial charge in [-0.2, -0.15) is 26.3 Å². The predicted molar refractivity (Wildman–Crippen MR) is 159 cm³/mol.